The maximum Gasteiger partial charge on any atom is 0.255 e. The molecule has 0 aliphatic carbocycles. The van der Waals surface area contributed by atoms with Crippen molar-refractivity contribution in [3.05, 3.63) is 64.7 Å². The number of nitrogens with zero attached hydrogens (tertiary/aromatic N) is 1. The molecule has 0 spiro atoms. The van der Waals surface area contributed by atoms with Gasteiger partial charge in [0, 0.05) is 13.1 Å². The number of benzene rings is 2. The van der Waals surface area contributed by atoms with Crippen LogP contribution in [-0.4, -0.2) is 31.0 Å². The first-order valence-electron chi connectivity index (χ1n) is 8.89. The predicted octanol–water partition coefficient (Wildman–Crippen LogP) is 3.53. The van der Waals surface area contributed by atoms with E-state index in [1.54, 1.807) is 7.11 Å². The lowest BCUT2D eigenvalue weighted by atomic mass is 10.1. The largest absolute Gasteiger partial charge is 0.496 e. The number of carbonyl (C=O) groups is 1. The second-order valence-electron chi connectivity index (χ2n) is 6.69. The summed E-state index contributed by atoms with van der Waals surface area (Å²) in [6, 6.07) is 14.1. The molecule has 1 N–H and O–H groups in total. The minimum absolute atomic E-state index is 0.110. The molecule has 3 rings (SSSR count). The van der Waals surface area contributed by atoms with E-state index >= 15 is 0 Å². The molecule has 1 amide bonds. The Kier molecular flexibility index (Phi) is 5.71. The number of aryl methyl sites for hydroxylation is 1. The molecule has 2 aromatic carbocycles. The van der Waals surface area contributed by atoms with E-state index in [4.69, 9.17) is 4.74 Å². The van der Waals surface area contributed by atoms with Gasteiger partial charge < -0.3 is 10.1 Å². The van der Waals surface area contributed by atoms with Gasteiger partial charge in [-0.3, -0.25) is 9.69 Å². The van der Waals surface area contributed by atoms with Gasteiger partial charge >= 0.3 is 0 Å². The van der Waals surface area contributed by atoms with Crippen LogP contribution in [0.1, 0.15) is 39.9 Å². The summed E-state index contributed by atoms with van der Waals surface area (Å²) in [7, 11) is 1.58. The Balaban J connectivity index is 1.57. The van der Waals surface area contributed by atoms with Gasteiger partial charge in [0.1, 0.15) is 5.75 Å². The van der Waals surface area contributed by atoms with Crippen LogP contribution in [0.5, 0.6) is 5.75 Å². The topological polar surface area (TPSA) is 41.6 Å². The van der Waals surface area contributed by atoms with Crippen molar-refractivity contribution in [2.75, 3.05) is 20.2 Å². The highest BCUT2D eigenvalue weighted by Gasteiger charge is 2.13. The molecule has 4 nitrogen and oxygen atoms in total. The van der Waals surface area contributed by atoms with Crippen LogP contribution in [0, 0.1) is 6.92 Å². The molecule has 0 atom stereocenters. The van der Waals surface area contributed by atoms with Crippen molar-refractivity contribution in [2.45, 2.75) is 32.9 Å². The van der Waals surface area contributed by atoms with Gasteiger partial charge in [-0.25, -0.2) is 0 Å². The van der Waals surface area contributed by atoms with Crippen LogP contribution in [-0.2, 0) is 13.1 Å². The molecule has 0 unspecified atom stereocenters. The third-order valence-corrected chi connectivity index (χ3v) is 4.68. The smallest absolute Gasteiger partial charge is 0.255 e. The minimum Gasteiger partial charge on any atom is -0.496 e. The number of carbonyl (C=O) groups excluding carboxylic acids is 1. The van der Waals surface area contributed by atoms with Crippen LogP contribution < -0.4 is 10.1 Å². The standard InChI is InChI=1S/C21H26N2O2/c1-16-5-10-20(25-2)19(13-16)21(24)22-14-17-6-8-18(9-7-17)15-23-11-3-4-12-23/h5-10,13H,3-4,11-12,14-15H2,1-2H3,(H,22,24). The molecular formula is C21H26N2O2. The van der Waals surface area contributed by atoms with E-state index in [0.29, 0.717) is 17.9 Å². The lowest BCUT2D eigenvalue weighted by Gasteiger charge is -2.15. The van der Waals surface area contributed by atoms with Gasteiger partial charge in [0.05, 0.1) is 12.7 Å². The average molecular weight is 338 g/mol. The van der Waals surface area contributed by atoms with Crippen molar-refractivity contribution < 1.29 is 9.53 Å². The number of nitrogens with one attached hydrogen (secondary N) is 1. The zero-order valence-electron chi connectivity index (χ0n) is 15.0. The van der Waals surface area contributed by atoms with Crippen LogP contribution >= 0.6 is 0 Å². The minimum atomic E-state index is -0.110. The average Bonchev–Trinajstić information content (AvgIpc) is 3.14. The number of hydrogen-bond acceptors (Lipinski definition) is 3. The van der Waals surface area contributed by atoms with Crippen LogP contribution in [0.2, 0.25) is 0 Å². The Labute approximate surface area is 149 Å². The van der Waals surface area contributed by atoms with E-state index in [1.807, 2.05) is 25.1 Å². The summed E-state index contributed by atoms with van der Waals surface area (Å²) in [5.41, 5.74) is 4.05. The normalized spacial score (nSPS) is 14.5. The van der Waals surface area contributed by atoms with Gasteiger partial charge in [-0.05, 0) is 56.1 Å². The summed E-state index contributed by atoms with van der Waals surface area (Å²) < 4.78 is 5.29. The second kappa shape index (κ2) is 8.17. The van der Waals surface area contributed by atoms with E-state index < -0.39 is 0 Å². The fraction of sp³-hybridized carbons (Fsp3) is 0.381. The fourth-order valence-electron chi connectivity index (χ4n) is 3.24. The van der Waals surface area contributed by atoms with Crippen LogP contribution in [0.15, 0.2) is 42.5 Å². The summed E-state index contributed by atoms with van der Waals surface area (Å²) in [4.78, 5) is 14.9. The van der Waals surface area contributed by atoms with Gasteiger partial charge in [0.25, 0.3) is 5.91 Å². The first-order valence-corrected chi connectivity index (χ1v) is 8.89. The Morgan fingerprint density at radius 1 is 1.08 bits per heavy atom. The molecule has 4 heteroatoms. The molecule has 0 saturated carbocycles. The highest BCUT2D eigenvalue weighted by atomic mass is 16.5. The first kappa shape index (κ1) is 17.5. The van der Waals surface area contributed by atoms with Crippen LogP contribution in [0.3, 0.4) is 0 Å². The monoisotopic (exact) mass is 338 g/mol. The molecule has 25 heavy (non-hydrogen) atoms. The molecule has 1 aliphatic rings. The molecular weight excluding hydrogens is 312 g/mol. The van der Waals surface area contributed by atoms with Crippen LogP contribution in [0.4, 0.5) is 0 Å². The predicted molar refractivity (Wildman–Crippen MR) is 99.9 cm³/mol. The number of ether oxygens (including phenoxy) is 1. The lowest BCUT2D eigenvalue weighted by Crippen LogP contribution is -2.23. The second-order valence-corrected chi connectivity index (χ2v) is 6.69. The van der Waals surface area contributed by atoms with Crippen molar-refractivity contribution in [1.82, 2.24) is 10.2 Å². The SMILES string of the molecule is COc1ccc(C)cc1C(=O)NCc1ccc(CN2CCCC2)cc1. The molecule has 1 aliphatic heterocycles. The van der Waals surface area contributed by atoms with Gasteiger partial charge in [-0.2, -0.15) is 0 Å². The fourth-order valence-corrected chi connectivity index (χ4v) is 3.24. The van der Waals surface area contributed by atoms with E-state index in [2.05, 4.69) is 34.5 Å². The molecule has 0 aromatic heterocycles. The van der Waals surface area contributed by atoms with Crippen molar-refractivity contribution in [1.29, 1.82) is 0 Å². The molecule has 1 fully saturated rings. The van der Waals surface area contributed by atoms with E-state index in [9.17, 15) is 4.79 Å². The Morgan fingerprint density at radius 2 is 1.76 bits per heavy atom. The zero-order chi connectivity index (χ0) is 17.6. The summed E-state index contributed by atoms with van der Waals surface area (Å²) in [5.74, 6) is 0.491. The van der Waals surface area contributed by atoms with Gasteiger partial charge in [-0.1, -0.05) is 35.9 Å². The first-order chi connectivity index (χ1) is 12.2. The highest BCUT2D eigenvalue weighted by Crippen LogP contribution is 2.19. The third kappa shape index (κ3) is 4.60. The van der Waals surface area contributed by atoms with Gasteiger partial charge in [0.2, 0.25) is 0 Å². The number of hydrogen-bond donors (Lipinski definition) is 1. The number of amides is 1. The number of methoxy groups -OCH3 is 1. The Morgan fingerprint density at radius 3 is 2.44 bits per heavy atom. The third-order valence-electron chi connectivity index (χ3n) is 4.68. The highest BCUT2D eigenvalue weighted by molar-refractivity contribution is 5.97. The summed E-state index contributed by atoms with van der Waals surface area (Å²) >= 11 is 0. The number of rotatable bonds is 6. The molecule has 132 valence electrons. The molecule has 1 saturated heterocycles. The summed E-state index contributed by atoms with van der Waals surface area (Å²) in [6.07, 6.45) is 2.62. The van der Waals surface area contributed by atoms with Crippen molar-refractivity contribution >= 4 is 5.91 Å². The van der Waals surface area contributed by atoms with Crippen molar-refractivity contribution in [3.8, 4) is 5.75 Å². The van der Waals surface area contributed by atoms with Crippen molar-refractivity contribution in [3.63, 3.8) is 0 Å². The maximum absolute atomic E-state index is 12.4. The van der Waals surface area contributed by atoms with E-state index in [-0.39, 0.29) is 5.91 Å². The molecule has 1 heterocycles. The quantitative estimate of drug-likeness (QED) is 0.876. The zero-order valence-corrected chi connectivity index (χ0v) is 15.0. The van der Waals surface area contributed by atoms with Gasteiger partial charge in [-0.15, -0.1) is 0 Å². The Hall–Kier alpha value is -2.33. The molecule has 2 aromatic rings. The number of likely N-dealkylation sites (tertiary alicyclic amines) is 1. The van der Waals surface area contributed by atoms with Crippen molar-refractivity contribution in [2.24, 2.45) is 0 Å². The summed E-state index contributed by atoms with van der Waals surface area (Å²) in [5, 5.41) is 2.98. The molecule has 0 bridgehead atoms. The van der Waals surface area contributed by atoms with E-state index in [0.717, 1.165) is 17.7 Å². The van der Waals surface area contributed by atoms with Gasteiger partial charge in [0.15, 0.2) is 0 Å². The Bertz CT molecular complexity index is 719. The maximum atomic E-state index is 12.4. The summed E-state index contributed by atoms with van der Waals surface area (Å²) in [6.45, 7) is 5.91. The van der Waals surface area contributed by atoms with E-state index in [1.165, 1.54) is 31.5 Å². The van der Waals surface area contributed by atoms with Crippen LogP contribution in [0.25, 0.3) is 0 Å². The molecule has 0 radical (unpaired) electrons. The lowest BCUT2D eigenvalue weighted by molar-refractivity contribution is 0.0948.